The van der Waals surface area contributed by atoms with Gasteiger partial charge in [-0.3, -0.25) is 0 Å². The van der Waals surface area contributed by atoms with Gasteiger partial charge < -0.3 is 20.0 Å². The van der Waals surface area contributed by atoms with Crippen molar-refractivity contribution in [2.45, 2.75) is 25.4 Å². The number of piperidine rings is 1. The van der Waals surface area contributed by atoms with Gasteiger partial charge >= 0.3 is 6.03 Å². The van der Waals surface area contributed by atoms with Crippen molar-refractivity contribution in [3.05, 3.63) is 42.4 Å². The average molecular weight is 314 g/mol. The lowest BCUT2D eigenvalue weighted by Crippen LogP contribution is -2.46. The van der Waals surface area contributed by atoms with Crippen molar-refractivity contribution in [1.82, 2.24) is 20.5 Å². The predicted molar refractivity (Wildman–Crippen MR) is 87.8 cm³/mol. The fraction of sp³-hybridized carbons (Fsp3) is 0.412. The van der Waals surface area contributed by atoms with Crippen molar-refractivity contribution in [3.63, 3.8) is 0 Å². The third-order valence-corrected chi connectivity index (χ3v) is 4.07. The minimum Gasteiger partial charge on any atom is -0.439 e. The number of benzene rings is 1. The number of nitrogens with zero attached hydrogens (tertiary/aromatic N) is 2. The quantitative estimate of drug-likeness (QED) is 0.908. The lowest BCUT2D eigenvalue weighted by molar-refractivity contribution is 0.213. The van der Waals surface area contributed by atoms with E-state index in [1.54, 1.807) is 6.20 Å². The van der Waals surface area contributed by atoms with Crippen LogP contribution in [0.4, 0.5) is 4.79 Å². The molecule has 0 radical (unpaired) electrons. The number of hydrogen-bond donors (Lipinski definition) is 2. The Kier molecular flexibility index (Phi) is 4.92. The van der Waals surface area contributed by atoms with Gasteiger partial charge in [-0.2, -0.15) is 0 Å². The van der Waals surface area contributed by atoms with Crippen molar-refractivity contribution < 1.29 is 9.21 Å². The Morgan fingerprint density at radius 2 is 2.04 bits per heavy atom. The Morgan fingerprint density at radius 1 is 1.30 bits per heavy atom. The summed E-state index contributed by atoms with van der Waals surface area (Å²) in [5, 5.41) is 5.80. The Morgan fingerprint density at radius 3 is 2.78 bits per heavy atom. The van der Waals surface area contributed by atoms with E-state index in [1.807, 2.05) is 30.3 Å². The maximum absolute atomic E-state index is 11.9. The second-order valence-corrected chi connectivity index (χ2v) is 5.89. The maximum Gasteiger partial charge on any atom is 0.315 e. The minimum absolute atomic E-state index is 0.168. The van der Waals surface area contributed by atoms with E-state index in [-0.39, 0.29) is 18.6 Å². The van der Waals surface area contributed by atoms with Crippen LogP contribution in [0.25, 0.3) is 11.3 Å². The number of oxazole rings is 1. The molecular weight excluding hydrogens is 292 g/mol. The first-order valence-corrected chi connectivity index (χ1v) is 7.94. The van der Waals surface area contributed by atoms with Crippen molar-refractivity contribution in [3.8, 4) is 11.3 Å². The molecule has 1 aromatic carbocycles. The fourth-order valence-corrected chi connectivity index (χ4v) is 2.67. The molecule has 3 rings (SSSR count). The maximum atomic E-state index is 11.9. The number of carbonyl (C=O) groups excluding carboxylic acids is 1. The van der Waals surface area contributed by atoms with Crippen LogP contribution in [0.5, 0.6) is 0 Å². The topological polar surface area (TPSA) is 70.4 Å². The first-order chi connectivity index (χ1) is 11.2. The van der Waals surface area contributed by atoms with Crippen molar-refractivity contribution >= 4 is 6.03 Å². The molecule has 1 aliphatic heterocycles. The first-order valence-electron chi connectivity index (χ1n) is 7.94. The van der Waals surface area contributed by atoms with Crippen molar-refractivity contribution in [1.29, 1.82) is 0 Å². The number of urea groups is 1. The number of nitrogens with one attached hydrogen (secondary N) is 2. The second-order valence-electron chi connectivity index (χ2n) is 5.89. The molecule has 23 heavy (non-hydrogen) atoms. The van der Waals surface area contributed by atoms with Crippen LogP contribution in [-0.2, 0) is 6.54 Å². The summed E-state index contributed by atoms with van der Waals surface area (Å²) in [5.41, 5.74) is 0.974. The highest BCUT2D eigenvalue weighted by Crippen LogP contribution is 2.19. The molecule has 122 valence electrons. The van der Waals surface area contributed by atoms with Crippen LogP contribution in [-0.4, -0.2) is 42.1 Å². The number of hydrogen-bond acceptors (Lipinski definition) is 4. The predicted octanol–water partition coefficient (Wildman–Crippen LogP) is 2.24. The Labute approximate surface area is 135 Å². The smallest absolute Gasteiger partial charge is 0.315 e. The summed E-state index contributed by atoms with van der Waals surface area (Å²) >= 11 is 0. The summed E-state index contributed by atoms with van der Waals surface area (Å²) in [6.45, 7) is 2.32. The molecule has 2 amide bonds. The van der Waals surface area contributed by atoms with Crippen LogP contribution in [0.2, 0.25) is 0 Å². The highest BCUT2D eigenvalue weighted by molar-refractivity contribution is 5.74. The van der Waals surface area contributed by atoms with E-state index in [0.29, 0.717) is 11.7 Å². The zero-order valence-corrected chi connectivity index (χ0v) is 13.3. The Hall–Kier alpha value is -2.34. The summed E-state index contributed by atoms with van der Waals surface area (Å²) in [7, 11) is 2.10. The molecule has 0 bridgehead atoms. The van der Waals surface area contributed by atoms with Crippen molar-refractivity contribution in [2.24, 2.45) is 0 Å². The largest absolute Gasteiger partial charge is 0.439 e. The van der Waals surface area contributed by atoms with E-state index in [9.17, 15) is 4.79 Å². The molecule has 0 spiro atoms. The van der Waals surface area contributed by atoms with Crippen molar-refractivity contribution in [2.75, 3.05) is 20.1 Å². The Balaban J connectivity index is 1.47. The molecule has 2 heterocycles. The third-order valence-electron chi connectivity index (χ3n) is 4.07. The molecular formula is C17H22N4O2. The number of carbonyl (C=O) groups is 1. The van der Waals surface area contributed by atoms with E-state index in [2.05, 4.69) is 27.6 Å². The lowest BCUT2D eigenvalue weighted by atomic mass is 10.1. The van der Waals surface area contributed by atoms with E-state index in [4.69, 9.17) is 4.42 Å². The molecule has 2 N–H and O–H groups in total. The van der Waals surface area contributed by atoms with Crippen LogP contribution < -0.4 is 10.6 Å². The van der Waals surface area contributed by atoms with Gasteiger partial charge in [-0.1, -0.05) is 30.3 Å². The van der Waals surface area contributed by atoms with Crippen LogP contribution in [0.1, 0.15) is 18.7 Å². The van der Waals surface area contributed by atoms with Gasteiger partial charge in [-0.05, 0) is 33.0 Å². The van der Waals surface area contributed by atoms with E-state index < -0.39 is 0 Å². The molecule has 0 atom stereocenters. The standard InChI is InChI=1S/C17H22N4O2/c1-21-9-7-14(8-10-21)20-17(22)19-12-16-18-11-15(23-16)13-5-3-2-4-6-13/h2-6,11,14H,7-10,12H2,1H3,(H2,19,20,22). The summed E-state index contributed by atoms with van der Waals surface area (Å²) in [6.07, 6.45) is 3.66. The zero-order chi connectivity index (χ0) is 16.1. The lowest BCUT2D eigenvalue weighted by Gasteiger charge is -2.29. The molecule has 0 aliphatic carbocycles. The molecule has 0 unspecified atom stereocenters. The van der Waals surface area contributed by atoms with Gasteiger partial charge in [0.2, 0.25) is 5.89 Å². The number of aromatic nitrogens is 1. The van der Waals surface area contributed by atoms with E-state index in [1.165, 1.54) is 0 Å². The molecule has 6 heteroatoms. The summed E-state index contributed by atoms with van der Waals surface area (Å²) in [4.78, 5) is 18.4. The minimum atomic E-state index is -0.168. The highest BCUT2D eigenvalue weighted by atomic mass is 16.4. The molecule has 1 aliphatic rings. The van der Waals surface area contributed by atoms with Gasteiger partial charge in [0.05, 0.1) is 12.7 Å². The second kappa shape index (κ2) is 7.28. The van der Waals surface area contributed by atoms with Gasteiger partial charge in [0, 0.05) is 11.6 Å². The molecule has 1 aromatic heterocycles. The molecule has 1 fully saturated rings. The van der Waals surface area contributed by atoms with Gasteiger partial charge in [0.15, 0.2) is 5.76 Å². The van der Waals surface area contributed by atoms with Gasteiger partial charge in [-0.15, -0.1) is 0 Å². The average Bonchev–Trinajstić information content (AvgIpc) is 3.05. The molecule has 6 nitrogen and oxygen atoms in total. The van der Waals surface area contributed by atoms with Gasteiger partial charge in [0.25, 0.3) is 0 Å². The Bertz CT molecular complexity index is 633. The number of rotatable bonds is 4. The van der Waals surface area contributed by atoms with Crippen LogP contribution in [0, 0.1) is 0 Å². The SMILES string of the molecule is CN1CCC(NC(=O)NCc2ncc(-c3ccccc3)o2)CC1. The summed E-state index contributed by atoms with van der Waals surface area (Å²) < 4.78 is 5.66. The summed E-state index contributed by atoms with van der Waals surface area (Å²) in [5.74, 6) is 1.21. The number of likely N-dealkylation sites (tertiary alicyclic amines) is 1. The highest BCUT2D eigenvalue weighted by Gasteiger charge is 2.18. The van der Waals surface area contributed by atoms with E-state index in [0.717, 1.165) is 31.5 Å². The van der Waals surface area contributed by atoms with Gasteiger partial charge in [0.1, 0.15) is 0 Å². The van der Waals surface area contributed by atoms with Crippen LogP contribution >= 0.6 is 0 Å². The zero-order valence-electron chi connectivity index (χ0n) is 13.3. The normalized spacial score (nSPS) is 16.2. The van der Waals surface area contributed by atoms with Crippen LogP contribution in [0.3, 0.4) is 0 Å². The van der Waals surface area contributed by atoms with Crippen LogP contribution in [0.15, 0.2) is 40.9 Å². The van der Waals surface area contributed by atoms with Gasteiger partial charge in [-0.25, -0.2) is 9.78 Å². The molecule has 1 saturated heterocycles. The number of amides is 2. The monoisotopic (exact) mass is 314 g/mol. The van der Waals surface area contributed by atoms with E-state index >= 15 is 0 Å². The molecule has 2 aromatic rings. The molecule has 0 saturated carbocycles. The first kappa shape index (κ1) is 15.6. The third kappa shape index (κ3) is 4.32. The summed E-state index contributed by atoms with van der Waals surface area (Å²) in [6, 6.07) is 9.86. The fourth-order valence-electron chi connectivity index (χ4n) is 2.67.